The third-order valence-corrected chi connectivity index (χ3v) is 3.95. The van der Waals surface area contributed by atoms with Crippen LogP contribution in [-0.4, -0.2) is 35.6 Å². The van der Waals surface area contributed by atoms with Crippen LogP contribution in [0.2, 0.25) is 0 Å². The Morgan fingerprint density at radius 2 is 1.78 bits per heavy atom. The first-order valence-electron chi connectivity index (χ1n) is 6.93. The normalized spacial score (nSPS) is 22.9. The van der Waals surface area contributed by atoms with E-state index in [1.54, 1.807) is 0 Å². The average Bonchev–Trinajstić information content (AvgIpc) is 2.32. The maximum absolute atomic E-state index is 3.64. The Morgan fingerprint density at radius 3 is 2.44 bits per heavy atom. The Morgan fingerprint density at radius 1 is 1.11 bits per heavy atom. The second-order valence-corrected chi connectivity index (χ2v) is 6.71. The molecule has 2 nitrogen and oxygen atoms in total. The molecule has 0 unspecified atom stereocenters. The minimum Gasteiger partial charge on any atom is -0.309 e. The van der Waals surface area contributed by atoms with Gasteiger partial charge in [0.25, 0.3) is 0 Å². The summed E-state index contributed by atoms with van der Waals surface area (Å²) in [5.74, 6) is 0. The Balaban J connectivity index is 1.98. The van der Waals surface area contributed by atoms with Crippen molar-refractivity contribution in [3.63, 3.8) is 0 Å². The summed E-state index contributed by atoms with van der Waals surface area (Å²) in [4.78, 5) is 2.62. The van der Waals surface area contributed by atoms with Crippen molar-refractivity contribution >= 4 is 0 Å². The molecule has 0 atom stereocenters. The molecular weight excluding hydrogens is 220 g/mol. The number of benzene rings is 1. The van der Waals surface area contributed by atoms with E-state index in [4.69, 9.17) is 0 Å². The van der Waals surface area contributed by atoms with Crippen LogP contribution in [0, 0.1) is 0 Å². The van der Waals surface area contributed by atoms with E-state index in [9.17, 15) is 0 Å². The molecule has 100 valence electrons. The molecular formula is C16H26N2. The van der Waals surface area contributed by atoms with Gasteiger partial charge in [-0.25, -0.2) is 0 Å². The van der Waals surface area contributed by atoms with E-state index >= 15 is 0 Å². The van der Waals surface area contributed by atoms with Gasteiger partial charge in [-0.1, -0.05) is 30.3 Å². The molecule has 1 fully saturated rings. The van der Waals surface area contributed by atoms with Crippen LogP contribution in [0.1, 0.15) is 33.3 Å². The van der Waals surface area contributed by atoms with E-state index in [2.05, 4.69) is 68.2 Å². The van der Waals surface area contributed by atoms with Crippen LogP contribution in [0.4, 0.5) is 0 Å². The Kier molecular flexibility index (Phi) is 3.79. The molecule has 18 heavy (non-hydrogen) atoms. The first-order chi connectivity index (χ1) is 8.39. The van der Waals surface area contributed by atoms with Gasteiger partial charge in [-0.05, 0) is 39.7 Å². The SMILES string of the molecule is CC1(C)CN(CCc2ccccc2)C(C)(C)CN1. The van der Waals surface area contributed by atoms with Gasteiger partial charge in [0.2, 0.25) is 0 Å². The summed E-state index contributed by atoms with van der Waals surface area (Å²) in [6.45, 7) is 12.6. The fraction of sp³-hybridized carbons (Fsp3) is 0.625. The van der Waals surface area contributed by atoms with Gasteiger partial charge in [0.05, 0.1) is 0 Å². The van der Waals surface area contributed by atoms with E-state index in [0.29, 0.717) is 0 Å². The number of hydrogen-bond donors (Lipinski definition) is 1. The monoisotopic (exact) mass is 246 g/mol. The third-order valence-electron chi connectivity index (χ3n) is 3.95. The summed E-state index contributed by atoms with van der Waals surface area (Å²) in [6.07, 6.45) is 1.14. The van der Waals surface area contributed by atoms with Crippen LogP contribution < -0.4 is 5.32 Å². The summed E-state index contributed by atoms with van der Waals surface area (Å²) in [7, 11) is 0. The van der Waals surface area contributed by atoms with Crippen molar-refractivity contribution in [1.82, 2.24) is 10.2 Å². The summed E-state index contributed by atoms with van der Waals surface area (Å²) < 4.78 is 0. The zero-order chi connectivity index (χ0) is 13.2. The number of rotatable bonds is 3. The molecule has 1 N–H and O–H groups in total. The Hall–Kier alpha value is -0.860. The fourth-order valence-corrected chi connectivity index (χ4v) is 2.60. The number of hydrogen-bond acceptors (Lipinski definition) is 2. The first kappa shape index (κ1) is 13.6. The molecule has 1 aromatic rings. The fourth-order valence-electron chi connectivity index (χ4n) is 2.60. The summed E-state index contributed by atoms with van der Waals surface area (Å²) >= 11 is 0. The Bertz CT molecular complexity index is 381. The lowest BCUT2D eigenvalue weighted by Gasteiger charge is -2.49. The van der Waals surface area contributed by atoms with E-state index in [-0.39, 0.29) is 11.1 Å². The number of piperazine rings is 1. The van der Waals surface area contributed by atoms with Crippen LogP contribution in [0.25, 0.3) is 0 Å². The summed E-state index contributed by atoms with van der Waals surface area (Å²) in [6, 6.07) is 10.8. The maximum Gasteiger partial charge on any atom is 0.0278 e. The van der Waals surface area contributed by atoms with Gasteiger partial charge < -0.3 is 5.32 Å². The van der Waals surface area contributed by atoms with Gasteiger partial charge in [-0.15, -0.1) is 0 Å². The molecule has 0 saturated carbocycles. The summed E-state index contributed by atoms with van der Waals surface area (Å²) in [5, 5.41) is 3.64. The highest BCUT2D eigenvalue weighted by Gasteiger charge is 2.36. The van der Waals surface area contributed by atoms with Crippen molar-refractivity contribution in [2.45, 2.75) is 45.2 Å². The van der Waals surface area contributed by atoms with Crippen LogP contribution in [-0.2, 0) is 6.42 Å². The van der Waals surface area contributed by atoms with Crippen molar-refractivity contribution in [2.75, 3.05) is 19.6 Å². The first-order valence-corrected chi connectivity index (χ1v) is 6.93. The zero-order valence-corrected chi connectivity index (χ0v) is 12.2. The quantitative estimate of drug-likeness (QED) is 0.882. The zero-order valence-electron chi connectivity index (χ0n) is 12.2. The topological polar surface area (TPSA) is 15.3 Å². The summed E-state index contributed by atoms with van der Waals surface area (Å²) in [5.41, 5.74) is 1.92. The molecule has 1 aromatic carbocycles. The standard InChI is InChI=1S/C16H26N2/c1-15(2)13-18(16(3,4)12-17-15)11-10-14-8-6-5-7-9-14/h5-9,17H,10-13H2,1-4H3. The van der Waals surface area contributed by atoms with Crippen molar-refractivity contribution in [1.29, 1.82) is 0 Å². The van der Waals surface area contributed by atoms with E-state index < -0.39 is 0 Å². The number of nitrogens with zero attached hydrogens (tertiary/aromatic N) is 1. The lowest BCUT2D eigenvalue weighted by atomic mass is 9.91. The van der Waals surface area contributed by atoms with E-state index in [1.807, 2.05) is 0 Å². The van der Waals surface area contributed by atoms with E-state index in [1.165, 1.54) is 5.56 Å². The lowest BCUT2D eigenvalue weighted by molar-refractivity contribution is 0.0404. The average molecular weight is 246 g/mol. The van der Waals surface area contributed by atoms with Crippen LogP contribution in [0.3, 0.4) is 0 Å². The molecule has 0 radical (unpaired) electrons. The van der Waals surface area contributed by atoms with Crippen molar-refractivity contribution in [3.8, 4) is 0 Å². The molecule has 2 heteroatoms. The van der Waals surface area contributed by atoms with Gasteiger partial charge in [-0.3, -0.25) is 4.90 Å². The molecule has 0 aromatic heterocycles. The predicted molar refractivity (Wildman–Crippen MR) is 77.9 cm³/mol. The highest BCUT2D eigenvalue weighted by atomic mass is 15.3. The molecule has 0 bridgehead atoms. The minimum atomic E-state index is 0.228. The van der Waals surface area contributed by atoms with Gasteiger partial charge in [-0.2, -0.15) is 0 Å². The molecule has 1 heterocycles. The van der Waals surface area contributed by atoms with Gasteiger partial charge >= 0.3 is 0 Å². The highest BCUT2D eigenvalue weighted by molar-refractivity contribution is 5.15. The molecule has 2 rings (SSSR count). The second-order valence-electron chi connectivity index (χ2n) is 6.71. The van der Waals surface area contributed by atoms with Gasteiger partial charge in [0.15, 0.2) is 0 Å². The van der Waals surface area contributed by atoms with Crippen LogP contribution >= 0.6 is 0 Å². The van der Waals surface area contributed by atoms with Crippen LogP contribution in [0.5, 0.6) is 0 Å². The molecule has 1 aliphatic rings. The van der Waals surface area contributed by atoms with Crippen LogP contribution in [0.15, 0.2) is 30.3 Å². The maximum atomic E-state index is 3.64. The Labute approximate surface area is 111 Å². The lowest BCUT2D eigenvalue weighted by Crippen LogP contribution is -2.66. The third kappa shape index (κ3) is 3.33. The molecule has 1 saturated heterocycles. The van der Waals surface area contributed by atoms with Crippen molar-refractivity contribution in [3.05, 3.63) is 35.9 Å². The highest BCUT2D eigenvalue weighted by Crippen LogP contribution is 2.23. The predicted octanol–water partition coefficient (Wildman–Crippen LogP) is 2.69. The minimum absolute atomic E-state index is 0.228. The largest absolute Gasteiger partial charge is 0.309 e. The second kappa shape index (κ2) is 5.02. The van der Waals surface area contributed by atoms with E-state index in [0.717, 1.165) is 26.1 Å². The molecule has 0 spiro atoms. The molecule has 0 aliphatic carbocycles. The van der Waals surface area contributed by atoms with Crippen molar-refractivity contribution in [2.24, 2.45) is 0 Å². The molecule has 0 amide bonds. The molecule has 1 aliphatic heterocycles. The van der Waals surface area contributed by atoms with Gasteiger partial charge in [0.1, 0.15) is 0 Å². The van der Waals surface area contributed by atoms with Crippen molar-refractivity contribution < 1.29 is 0 Å². The number of nitrogens with one attached hydrogen (secondary N) is 1. The smallest absolute Gasteiger partial charge is 0.0278 e. The van der Waals surface area contributed by atoms with Gasteiger partial charge in [0, 0.05) is 30.7 Å².